The topological polar surface area (TPSA) is 58.4 Å². The first kappa shape index (κ1) is 17.8. The minimum absolute atomic E-state index is 0.0476. The molecule has 1 aromatic heterocycles. The Bertz CT molecular complexity index is 741. The maximum absolute atomic E-state index is 12.7. The van der Waals surface area contributed by atoms with E-state index in [-0.39, 0.29) is 5.91 Å². The molecule has 0 spiro atoms. The number of carbonyl (C=O) groups is 1. The number of amides is 1. The molecule has 1 N–H and O–H groups in total. The smallest absolute Gasteiger partial charge is 0.228 e. The van der Waals surface area contributed by atoms with Crippen LogP contribution in [0, 0.1) is 5.41 Å². The first-order valence-corrected chi connectivity index (χ1v) is 8.99. The Hall–Kier alpha value is -2.01. The molecule has 6 heteroatoms. The van der Waals surface area contributed by atoms with Crippen LogP contribution in [0.5, 0.6) is 0 Å². The monoisotopic (exact) mass is 361 g/mol. The fraction of sp³-hybridized carbons (Fsp3) is 0.474. The summed E-state index contributed by atoms with van der Waals surface area (Å²) in [6, 6.07) is 9.71. The highest BCUT2D eigenvalue weighted by atomic mass is 35.5. The Labute approximate surface area is 153 Å². The molecule has 0 radical (unpaired) electrons. The van der Waals surface area contributed by atoms with E-state index in [0.717, 1.165) is 30.1 Å². The molecule has 134 valence electrons. The maximum atomic E-state index is 12.7. The van der Waals surface area contributed by atoms with Crippen molar-refractivity contribution in [3.8, 4) is 0 Å². The minimum Gasteiger partial charge on any atom is -0.370 e. The number of hydrogen-bond donors (Lipinski definition) is 1. The molecule has 2 heterocycles. The van der Waals surface area contributed by atoms with Gasteiger partial charge in [-0.25, -0.2) is 0 Å². The summed E-state index contributed by atoms with van der Waals surface area (Å²) in [5.74, 6) is 1.12. The molecular formula is C19H24ClN3O2. The van der Waals surface area contributed by atoms with E-state index in [2.05, 4.69) is 29.2 Å². The quantitative estimate of drug-likeness (QED) is 0.883. The van der Waals surface area contributed by atoms with Gasteiger partial charge < -0.3 is 14.7 Å². The van der Waals surface area contributed by atoms with Crippen molar-refractivity contribution in [1.29, 1.82) is 0 Å². The zero-order valence-electron chi connectivity index (χ0n) is 14.9. The average molecular weight is 362 g/mol. The number of carbonyl (C=O) groups excluding carboxylic acids is 1. The van der Waals surface area contributed by atoms with Crippen LogP contribution < -0.4 is 10.2 Å². The standard InChI is InChI=1S/C19H24ClN3O2/c1-13(2)17-10-16(25-22-17)11-19(18(24)21-3)8-9-23(12-19)15-6-4-14(20)5-7-15/h4-7,10,13H,8-9,11-12H2,1-3H3,(H,21,24)/t19-/m1/s1. The number of nitrogens with zero attached hydrogens (tertiary/aromatic N) is 2. The molecular weight excluding hydrogens is 338 g/mol. The van der Waals surface area contributed by atoms with Crippen LogP contribution in [0.25, 0.3) is 0 Å². The van der Waals surface area contributed by atoms with Crippen LogP contribution in [0.1, 0.15) is 37.6 Å². The maximum Gasteiger partial charge on any atom is 0.228 e. The third-order valence-electron chi connectivity index (χ3n) is 4.94. The van der Waals surface area contributed by atoms with Gasteiger partial charge in [-0.05, 0) is 36.6 Å². The first-order valence-electron chi connectivity index (χ1n) is 8.62. The van der Waals surface area contributed by atoms with Gasteiger partial charge in [0.1, 0.15) is 5.76 Å². The predicted octanol–water partition coefficient (Wildman–Crippen LogP) is 3.64. The fourth-order valence-corrected chi connectivity index (χ4v) is 3.56. The zero-order chi connectivity index (χ0) is 18.0. The van der Waals surface area contributed by atoms with Gasteiger partial charge >= 0.3 is 0 Å². The van der Waals surface area contributed by atoms with Gasteiger partial charge in [0.25, 0.3) is 0 Å². The van der Waals surface area contributed by atoms with Gasteiger partial charge in [0.15, 0.2) is 0 Å². The van der Waals surface area contributed by atoms with Crippen LogP contribution in [0.4, 0.5) is 5.69 Å². The molecule has 0 saturated carbocycles. The van der Waals surface area contributed by atoms with E-state index in [0.29, 0.717) is 23.9 Å². The van der Waals surface area contributed by atoms with Gasteiger partial charge in [-0.15, -0.1) is 0 Å². The van der Waals surface area contributed by atoms with Crippen molar-refractivity contribution in [2.75, 3.05) is 25.0 Å². The highest BCUT2D eigenvalue weighted by molar-refractivity contribution is 6.30. The van der Waals surface area contributed by atoms with E-state index >= 15 is 0 Å². The second-order valence-electron chi connectivity index (χ2n) is 7.06. The van der Waals surface area contributed by atoms with Gasteiger partial charge in [-0.3, -0.25) is 4.79 Å². The van der Waals surface area contributed by atoms with Gasteiger partial charge in [0.2, 0.25) is 5.91 Å². The second kappa shape index (κ2) is 7.08. The number of halogens is 1. The highest BCUT2D eigenvalue weighted by Crippen LogP contribution is 2.37. The van der Waals surface area contributed by atoms with Crippen molar-refractivity contribution >= 4 is 23.2 Å². The Balaban J connectivity index is 1.82. The molecule has 0 unspecified atom stereocenters. The van der Waals surface area contributed by atoms with Gasteiger partial charge in [-0.1, -0.05) is 30.6 Å². The number of hydrogen-bond acceptors (Lipinski definition) is 4. The molecule has 0 bridgehead atoms. The highest BCUT2D eigenvalue weighted by Gasteiger charge is 2.45. The largest absolute Gasteiger partial charge is 0.370 e. The Morgan fingerprint density at radius 3 is 2.72 bits per heavy atom. The molecule has 1 saturated heterocycles. The van der Waals surface area contributed by atoms with Crippen LogP contribution >= 0.6 is 11.6 Å². The van der Waals surface area contributed by atoms with E-state index < -0.39 is 5.41 Å². The van der Waals surface area contributed by atoms with Gasteiger partial charge in [-0.2, -0.15) is 0 Å². The lowest BCUT2D eigenvalue weighted by Crippen LogP contribution is -2.43. The van der Waals surface area contributed by atoms with Crippen LogP contribution in [-0.2, 0) is 11.2 Å². The summed E-state index contributed by atoms with van der Waals surface area (Å²) < 4.78 is 5.50. The third kappa shape index (κ3) is 3.66. The van der Waals surface area contributed by atoms with Crippen molar-refractivity contribution in [3.05, 3.63) is 46.8 Å². The number of rotatable bonds is 5. The van der Waals surface area contributed by atoms with E-state index in [9.17, 15) is 4.79 Å². The van der Waals surface area contributed by atoms with Crippen LogP contribution in [0.2, 0.25) is 5.02 Å². The number of anilines is 1. The molecule has 1 fully saturated rings. The molecule has 5 nitrogen and oxygen atoms in total. The van der Waals surface area contributed by atoms with Crippen molar-refractivity contribution in [3.63, 3.8) is 0 Å². The van der Waals surface area contributed by atoms with Crippen LogP contribution in [0.15, 0.2) is 34.9 Å². The lowest BCUT2D eigenvalue weighted by atomic mass is 9.81. The molecule has 2 aromatic rings. The molecule has 1 atom stereocenters. The van der Waals surface area contributed by atoms with Crippen molar-refractivity contribution in [2.45, 2.75) is 32.6 Å². The van der Waals surface area contributed by atoms with E-state index in [1.165, 1.54) is 0 Å². The molecule has 0 aliphatic carbocycles. The second-order valence-corrected chi connectivity index (χ2v) is 7.49. The summed E-state index contributed by atoms with van der Waals surface area (Å²) in [5.41, 5.74) is 1.49. The van der Waals surface area contributed by atoms with Crippen LogP contribution in [0.3, 0.4) is 0 Å². The van der Waals surface area contributed by atoms with E-state index in [1.807, 2.05) is 30.3 Å². The van der Waals surface area contributed by atoms with E-state index in [4.69, 9.17) is 16.1 Å². The van der Waals surface area contributed by atoms with E-state index in [1.54, 1.807) is 7.05 Å². The molecule has 1 aliphatic rings. The Kier molecular flexibility index (Phi) is 5.04. The van der Waals surface area contributed by atoms with Crippen molar-refractivity contribution in [2.24, 2.45) is 5.41 Å². The van der Waals surface area contributed by atoms with Gasteiger partial charge in [0.05, 0.1) is 11.1 Å². The summed E-state index contributed by atoms with van der Waals surface area (Å²) in [5, 5.41) is 7.67. The summed E-state index contributed by atoms with van der Waals surface area (Å²) >= 11 is 5.98. The summed E-state index contributed by atoms with van der Waals surface area (Å²) in [6.07, 6.45) is 1.32. The number of benzene rings is 1. The lowest BCUT2D eigenvalue weighted by Gasteiger charge is -2.27. The van der Waals surface area contributed by atoms with Crippen molar-refractivity contribution in [1.82, 2.24) is 10.5 Å². The summed E-state index contributed by atoms with van der Waals surface area (Å²) in [6.45, 7) is 5.62. The van der Waals surface area contributed by atoms with Gasteiger partial charge in [0, 0.05) is 43.3 Å². The SMILES string of the molecule is CNC(=O)[C@@]1(Cc2cc(C(C)C)no2)CCN(c2ccc(Cl)cc2)C1. The minimum atomic E-state index is -0.512. The Morgan fingerprint density at radius 2 is 2.12 bits per heavy atom. The van der Waals surface area contributed by atoms with Crippen molar-refractivity contribution < 1.29 is 9.32 Å². The molecule has 3 rings (SSSR count). The number of aromatic nitrogens is 1. The first-order chi connectivity index (χ1) is 11.9. The molecule has 25 heavy (non-hydrogen) atoms. The average Bonchev–Trinajstić information content (AvgIpc) is 3.23. The predicted molar refractivity (Wildman–Crippen MR) is 99.1 cm³/mol. The zero-order valence-corrected chi connectivity index (χ0v) is 15.6. The lowest BCUT2D eigenvalue weighted by molar-refractivity contribution is -0.129. The normalized spacial score (nSPS) is 20.3. The fourth-order valence-electron chi connectivity index (χ4n) is 3.44. The number of nitrogens with one attached hydrogen (secondary N) is 1. The molecule has 1 aliphatic heterocycles. The van der Waals surface area contributed by atoms with Crippen LogP contribution in [-0.4, -0.2) is 31.2 Å². The molecule has 1 aromatic carbocycles. The third-order valence-corrected chi connectivity index (χ3v) is 5.19. The summed E-state index contributed by atoms with van der Waals surface area (Å²) in [4.78, 5) is 14.9. The molecule has 1 amide bonds. The summed E-state index contributed by atoms with van der Waals surface area (Å²) in [7, 11) is 1.69. The Morgan fingerprint density at radius 1 is 1.40 bits per heavy atom.